The van der Waals surface area contributed by atoms with Crippen molar-refractivity contribution in [3.05, 3.63) is 59.7 Å². The molecule has 15 heteroatoms. The van der Waals surface area contributed by atoms with Crippen molar-refractivity contribution >= 4 is 29.2 Å². The summed E-state index contributed by atoms with van der Waals surface area (Å²) >= 11 is 0. The molecule has 0 saturated carbocycles. The molecule has 212 valence electrons. The predicted octanol–water partition coefficient (Wildman–Crippen LogP) is 1.58. The van der Waals surface area contributed by atoms with E-state index in [-0.39, 0.29) is 22.7 Å². The molecular weight excluding hydrogens is 537 g/mol. The van der Waals surface area contributed by atoms with Gasteiger partial charge in [-0.2, -0.15) is 13.2 Å². The molecule has 2 aromatic carbocycles. The number of aliphatic hydroxyl groups is 4. The van der Waals surface area contributed by atoms with Crippen LogP contribution in [0, 0.1) is 10.8 Å². The standard InChI is InChI=1S/C25H25F3N6O6/c26-25(27,28)20(30)16-21(31)33-22(34-23(16)32-12-4-2-1-3-5-12)14-8-13(7-6-11(14)9-29)39-24-19(38)18(37)17(36)15(10-35)40-24/h1-9,15,17-19,24,29-30,35-38H,10H2,(H3,31,32,33,34). The molecule has 0 amide bonds. The van der Waals surface area contributed by atoms with Crippen LogP contribution in [0.2, 0.25) is 0 Å². The largest absolute Gasteiger partial charge is 0.462 e. The number of benzene rings is 2. The van der Waals surface area contributed by atoms with E-state index >= 15 is 0 Å². The second-order valence-corrected chi connectivity index (χ2v) is 8.73. The molecule has 40 heavy (non-hydrogen) atoms. The number of halogens is 3. The van der Waals surface area contributed by atoms with Crippen LogP contribution in [0.25, 0.3) is 11.4 Å². The minimum atomic E-state index is -5.05. The van der Waals surface area contributed by atoms with Crippen LogP contribution in [0.4, 0.5) is 30.5 Å². The Balaban J connectivity index is 1.77. The van der Waals surface area contributed by atoms with Crippen molar-refractivity contribution in [3.8, 4) is 17.1 Å². The average molecular weight is 563 g/mol. The summed E-state index contributed by atoms with van der Waals surface area (Å²) in [5.41, 5.74) is 4.04. The van der Waals surface area contributed by atoms with E-state index in [0.29, 0.717) is 5.69 Å². The number of alkyl halides is 3. The molecule has 5 unspecified atom stereocenters. The van der Waals surface area contributed by atoms with Crippen molar-refractivity contribution in [1.82, 2.24) is 9.97 Å². The van der Waals surface area contributed by atoms with Gasteiger partial charge in [-0.1, -0.05) is 18.2 Å². The van der Waals surface area contributed by atoms with Gasteiger partial charge in [-0.3, -0.25) is 5.41 Å². The third kappa shape index (κ3) is 5.88. The first kappa shape index (κ1) is 28.8. The third-order valence-corrected chi connectivity index (χ3v) is 6.03. The Morgan fingerprint density at radius 2 is 1.77 bits per heavy atom. The summed E-state index contributed by atoms with van der Waals surface area (Å²) < 4.78 is 51.5. The Morgan fingerprint density at radius 3 is 2.40 bits per heavy atom. The van der Waals surface area contributed by atoms with Gasteiger partial charge in [0.15, 0.2) is 11.5 Å². The maximum atomic E-state index is 13.5. The summed E-state index contributed by atoms with van der Waals surface area (Å²) in [6.07, 6.45) is -11.9. The van der Waals surface area contributed by atoms with Crippen LogP contribution in [0.3, 0.4) is 0 Å². The summed E-state index contributed by atoms with van der Waals surface area (Å²) in [7, 11) is 0. The summed E-state index contributed by atoms with van der Waals surface area (Å²) in [6.45, 7) is -0.674. The molecule has 0 radical (unpaired) electrons. The number of nitrogen functional groups attached to an aromatic ring is 1. The lowest BCUT2D eigenvalue weighted by molar-refractivity contribution is -0.277. The van der Waals surface area contributed by atoms with E-state index in [1.807, 2.05) is 0 Å². The molecule has 0 aliphatic carbocycles. The Labute approximate surface area is 224 Å². The van der Waals surface area contributed by atoms with Gasteiger partial charge < -0.3 is 46.4 Å². The van der Waals surface area contributed by atoms with Crippen molar-refractivity contribution < 1.29 is 43.1 Å². The number of aromatic nitrogens is 2. The van der Waals surface area contributed by atoms with Crippen LogP contribution in [0.1, 0.15) is 11.1 Å². The molecule has 3 aromatic rings. The fourth-order valence-electron chi connectivity index (χ4n) is 3.96. The van der Waals surface area contributed by atoms with Gasteiger partial charge in [-0.25, -0.2) is 9.97 Å². The van der Waals surface area contributed by atoms with Crippen LogP contribution in [0.15, 0.2) is 48.5 Å². The zero-order valence-corrected chi connectivity index (χ0v) is 20.5. The SMILES string of the molecule is N=Cc1ccc(OC2OC(CO)C(O)C(O)C2O)cc1-c1nc(N)c(C(=N)C(F)(F)F)c(Nc2ccccc2)n1. The molecule has 9 N–H and O–H groups in total. The van der Waals surface area contributed by atoms with E-state index in [9.17, 15) is 33.6 Å². The summed E-state index contributed by atoms with van der Waals surface area (Å²) in [6, 6.07) is 12.2. The van der Waals surface area contributed by atoms with Gasteiger partial charge >= 0.3 is 6.18 Å². The summed E-state index contributed by atoms with van der Waals surface area (Å²) in [4.78, 5) is 8.18. The molecule has 1 aromatic heterocycles. The fourth-order valence-corrected chi connectivity index (χ4v) is 3.96. The van der Waals surface area contributed by atoms with Gasteiger partial charge in [0, 0.05) is 23.0 Å². The highest BCUT2D eigenvalue weighted by Crippen LogP contribution is 2.34. The minimum absolute atomic E-state index is 0.00298. The first-order valence-corrected chi connectivity index (χ1v) is 11.7. The number of hydrogen-bond donors (Lipinski definition) is 8. The van der Waals surface area contributed by atoms with Gasteiger partial charge in [0.2, 0.25) is 6.29 Å². The molecule has 0 bridgehead atoms. The normalized spacial score (nSPS) is 22.9. The van der Waals surface area contributed by atoms with Gasteiger partial charge in [0.25, 0.3) is 0 Å². The minimum Gasteiger partial charge on any atom is -0.462 e. The van der Waals surface area contributed by atoms with Crippen molar-refractivity contribution in [1.29, 1.82) is 10.8 Å². The number of nitrogens with one attached hydrogen (secondary N) is 3. The Morgan fingerprint density at radius 1 is 1.07 bits per heavy atom. The lowest BCUT2D eigenvalue weighted by Gasteiger charge is -2.39. The molecule has 4 rings (SSSR count). The molecule has 1 aliphatic rings. The highest BCUT2D eigenvalue weighted by Gasteiger charge is 2.45. The maximum absolute atomic E-state index is 13.5. The van der Waals surface area contributed by atoms with E-state index in [2.05, 4.69) is 15.3 Å². The van der Waals surface area contributed by atoms with Crippen LogP contribution in [0.5, 0.6) is 5.75 Å². The molecule has 0 spiro atoms. The van der Waals surface area contributed by atoms with Crippen molar-refractivity contribution in [2.75, 3.05) is 17.7 Å². The molecule has 1 fully saturated rings. The maximum Gasteiger partial charge on any atom is 0.433 e. The van der Waals surface area contributed by atoms with Crippen LogP contribution in [-0.2, 0) is 4.74 Å². The van der Waals surface area contributed by atoms with Gasteiger partial charge in [0.05, 0.1) is 12.2 Å². The van der Waals surface area contributed by atoms with Crippen molar-refractivity contribution in [2.24, 2.45) is 0 Å². The predicted molar refractivity (Wildman–Crippen MR) is 137 cm³/mol. The lowest BCUT2D eigenvalue weighted by Crippen LogP contribution is -2.60. The van der Waals surface area contributed by atoms with E-state index in [1.54, 1.807) is 30.3 Å². The van der Waals surface area contributed by atoms with Gasteiger partial charge in [-0.15, -0.1) is 0 Å². The van der Waals surface area contributed by atoms with Crippen LogP contribution >= 0.6 is 0 Å². The molecule has 2 heterocycles. The average Bonchev–Trinajstić information content (AvgIpc) is 2.93. The monoisotopic (exact) mass is 562 g/mol. The van der Waals surface area contributed by atoms with Gasteiger partial charge in [0.1, 0.15) is 41.8 Å². The van der Waals surface area contributed by atoms with E-state index in [4.69, 9.17) is 26.0 Å². The van der Waals surface area contributed by atoms with E-state index < -0.39 is 66.4 Å². The summed E-state index contributed by atoms with van der Waals surface area (Å²) in [5, 5.41) is 57.9. The number of ether oxygens (including phenoxy) is 2. The highest BCUT2D eigenvalue weighted by atomic mass is 19.4. The number of para-hydroxylation sites is 1. The first-order valence-electron chi connectivity index (χ1n) is 11.7. The van der Waals surface area contributed by atoms with Crippen molar-refractivity contribution in [2.45, 2.75) is 36.9 Å². The zero-order chi connectivity index (χ0) is 29.2. The smallest absolute Gasteiger partial charge is 0.433 e. The summed E-state index contributed by atoms with van der Waals surface area (Å²) in [5.74, 6) is -1.28. The number of anilines is 3. The van der Waals surface area contributed by atoms with E-state index in [0.717, 1.165) is 6.21 Å². The second-order valence-electron chi connectivity index (χ2n) is 8.73. The number of rotatable bonds is 8. The topological polar surface area (TPSA) is 211 Å². The number of nitrogens with two attached hydrogens (primary N) is 1. The molecule has 1 aliphatic heterocycles. The quantitative estimate of drug-likeness (QED) is 0.186. The Kier molecular flexibility index (Phi) is 8.32. The van der Waals surface area contributed by atoms with Gasteiger partial charge in [-0.05, 0) is 30.3 Å². The number of nitrogens with zero attached hydrogens (tertiary/aromatic N) is 2. The zero-order valence-electron chi connectivity index (χ0n) is 20.5. The van der Waals surface area contributed by atoms with Crippen LogP contribution in [-0.4, -0.2) is 85.8 Å². The third-order valence-electron chi connectivity index (χ3n) is 6.03. The molecule has 1 saturated heterocycles. The Hall–Kier alpha value is -4.15. The number of aliphatic hydroxyl groups excluding tert-OH is 4. The van der Waals surface area contributed by atoms with E-state index in [1.165, 1.54) is 18.2 Å². The fraction of sp³-hybridized carbons (Fsp3) is 0.280. The Bertz CT molecular complexity index is 1390. The second kappa shape index (κ2) is 11.5. The highest BCUT2D eigenvalue weighted by molar-refractivity contribution is 6.10. The molecule has 5 atom stereocenters. The first-order chi connectivity index (χ1) is 18.9. The van der Waals surface area contributed by atoms with Crippen molar-refractivity contribution in [3.63, 3.8) is 0 Å². The number of hydrogen-bond acceptors (Lipinski definition) is 12. The molecule has 12 nitrogen and oxygen atoms in total. The lowest BCUT2D eigenvalue weighted by atomic mass is 9.99. The molecular formula is C25H25F3N6O6. The van der Waals surface area contributed by atoms with Crippen LogP contribution < -0.4 is 15.8 Å².